The zero-order chi connectivity index (χ0) is 11.0. The van der Waals surface area contributed by atoms with Crippen molar-refractivity contribution in [2.75, 3.05) is 5.73 Å². The van der Waals surface area contributed by atoms with Crippen molar-refractivity contribution < 1.29 is 9.63 Å². The highest BCUT2D eigenvalue weighted by Gasteiger charge is 2.15. The Morgan fingerprint density at radius 1 is 1.47 bits per heavy atom. The van der Waals surface area contributed by atoms with Gasteiger partial charge in [-0.05, 0) is 18.6 Å². The standard InChI is InChI=1S/C10H9ClN2O2/c1-5-2-3-6(11)10(14)9(5)7-4-8(12)13-15-7/h2-4,14H,1H3,(H2,12,13). The number of hydrogen-bond acceptors (Lipinski definition) is 4. The number of rotatable bonds is 1. The van der Waals surface area contributed by atoms with Crippen LogP contribution in [0.2, 0.25) is 5.02 Å². The van der Waals surface area contributed by atoms with Crippen LogP contribution in [0.5, 0.6) is 5.75 Å². The molecule has 0 radical (unpaired) electrons. The molecule has 0 atom stereocenters. The van der Waals surface area contributed by atoms with Crippen LogP contribution in [0.25, 0.3) is 11.3 Å². The number of aryl methyl sites for hydroxylation is 1. The molecular weight excluding hydrogens is 216 g/mol. The fraction of sp³-hybridized carbons (Fsp3) is 0.100. The van der Waals surface area contributed by atoms with Crippen molar-refractivity contribution in [2.24, 2.45) is 0 Å². The van der Waals surface area contributed by atoms with Crippen LogP contribution in [0, 0.1) is 6.92 Å². The Labute approximate surface area is 91.3 Å². The van der Waals surface area contributed by atoms with Crippen molar-refractivity contribution in [3.63, 3.8) is 0 Å². The van der Waals surface area contributed by atoms with E-state index in [1.165, 1.54) is 0 Å². The first-order chi connectivity index (χ1) is 7.09. The van der Waals surface area contributed by atoms with Crippen LogP contribution in [0.15, 0.2) is 22.7 Å². The van der Waals surface area contributed by atoms with Crippen LogP contribution < -0.4 is 5.73 Å². The third-order valence-corrected chi connectivity index (χ3v) is 2.42. The molecule has 1 heterocycles. The van der Waals surface area contributed by atoms with Gasteiger partial charge in [-0.25, -0.2) is 0 Å². The Hall–Kier alpha value is -1.68. The predicted molar refractivity (Wildman–Crippen MR) is 57.8 cm³/mol. The maximum absolute atomic E-state index is 9.78. The minimum atomic E-state index is -0.0205. The highest BCUT2D eigenvalue weighted by Crippen LogP contribution is 2.38. The number of benzene rings is 1. The normalized spacial score (nSPS) is 10.5. The molecular formula is C10H9ClN2O2. The lowest BCUT2D eigenvalue weighted by Crippen LogP contribution is -1.83. The molecule has 0 aliphatic heterocycles. The molecule has 1 aromatic carbocycles. The zero-order valence-electron chi connectivity index (χ0n) is 7.99. The summed E-state index contributed by atoms with van der Waals surface area (Å²) in [5.41, 5.74) is 6.80. The lowest BCUT2D eigenvalue weighted by Gasteiger charge is -2.05. The van der Waals surface area contributed by atoms with E-state index in [0.717, 1.165) is 5.56 Å². The summed E-state index contributed by atoms with van der Waals surface area (Å²) in [4.78, 5) is 0. The first kappa shape index (κ1) is 9.86. The average molecular weight is 225 g/mol. The second-order valence-corrected chi connectivity index (χ2v) is 3.61. The second kappa shape index (κ2) is 3.47. The number of hydrogen-bond donors (Lipinski definition) is 2. The number of aromatic hydroxyl groups is 1. The summed E-state index contributed by atoms with van der Waals surface area (Å²) in [6.45, 7) is 1.84. The summed E-state index contributed by atoms with van der Waals surface area (Å²) in [7, 11) is 0. The summed E-state index contributed by atoms with van der Waals surface area (Å²) >= 11 is 5.80. The Morgan fingerprint density at radius 3 is 2.80 bits per heavy atom. The van der Waals surface area contributed by atoms with Crippen molar-refractivity contribution in [3.05, 3.63) is 28.8 Å². The molecule has 0 aliphatic carbocycles. The summed E-state index contributed by atoms with van der Waals surface area (Å²) < 4.78 is 4.97. The molecule has 0 saturated heterocycles. The molecule has 0 amide bonds. The molecule has 0 unspecified atom stereocenters. The largest absolute Gasteiger partial charge is 0.506 e. The summed E-state index contributed by atoms with van der Waals surface area (Å²) in [5.74, 6) is 0.654. The Bertz CT molecular complexity index is 508. The second-order valence-electron chi connectivity index (χ2n) is 3.20. The molecule has 0 fully saturated rings. The number of phenolic OH excluding ortho intramolecular Hbond substituents is 1. The Kier molecular flexibility index (Phi) is 2.28. The van der Waals surface area contributed by atoms with Gasteiger partial charge in [0.05, 0.1) is 10.6 Å². The smallest absolute Gasteiger partial charge is 0.173 e. The third kappa shape index (κ3) is 1.64. The minimum Gasteiger partial charge on any atom is -0.506 e. The molecule has 4 nitrogen and oxygen atoms in total. The summed E-state index contributed by atoms with van der Waals surface area (Å²) in [5, 5.41) is 13.6. The van der Waals surface area contributed by atoms with Crippen molar-refractivity contribution in [1.82, 2.24) is 5.16 Å². The first-order valence-corrected chi connectivity index (χ1v) is 4.68. The van der Waals surface area contributed by atoms with Crippen LogP contribution in [0.1, 0.15) is 5.56 Å². The number of aromatic nitrogens is 1. The molecule has 0 aliphatic rings. The van der Waals surface area contributed by atoms with E-state index in [1.807, 2.05) is 6.92 Å². The number of nitrogen functional groups attached to an aromatic ring is 1. The van der Waals surface area contributed by atoms with Gasteiger partial charge in [0.25, 0.3) is 0 Å². The molecule has 0 spiro atoms. The lowest BCUT2D eigenvalue weighted by atomic mass is 10.1. The van der Waals surface area contributed by atoms with Gasteiger partial charge in [-0.2, -0.15) is 0 Å². The topological polar surface area (TPSA) is 72.3 Å². The highest BCUT2D eigenvalue weighted by molar-refractivity contribution is 6.32. The maximum Gasteiger partial charge on any atom is 0.173 e. The summed E-state index contributed by atoms with van der Waals surface area (Å²) in [6, 6.07) is 4.95. The fourth-order valence-electron chi connectivity index (χ4n) is 1.38. The van der Waals surface area contributed by atoms with Crippen LogP contribution in [0.4, 0.5) is 5.82 Å². The van der Waals surface area contributed by atoms with E-state index in [-0.39, 0.29) is 16.6 Å². The SMILES string of the molecule is Cc1ccc(Cl)c(O)c1-c1cc(N)no1. The number of halogens is 1. The highest BCUT2D eigenvalue weighted by atomic mass is 35.5. The molecule has 78 valence electrons. The third-order valence-electron chi connectivity index (χ3n) is 2.11. The van der Waals surface area contributed by atoms with Crippen molar-refractivity contribution >= 4 is 17.4 Å². The quantitative estimate of drug-likeness (QED) is 0.781. The van der Waals surface area contributed by atoms with E-state index in [2.05, 4.69) is 5.16 Å². The molecule has 1 aromatic heterocycles. The molecule has 2 rings (SSSR count). The molecule has 0 bridgehead atoms. The van der Waals surface area contributed by atoms with Crippen molar-refractivity contribution in [2.45, 2.75) is 6.92 Å². The Balaban J connectivity index is 2.66. The van der Waals surface area contributed by atoms with Crippen LogP contribution in [0.3, 0.4) is 0 Å². The van der Waals surface area contributed by atoms with E-state index >= 15 is 0 Å². The molecule has 3 N–H and O–H groups in total. The number of phenols is 1. The minimum absolute atomic E-state index is 0.0205. The Morgan fingerprint density at radius 2 is 2.20 bits per heavy atom. The van der Waals surface area contributed by atoms with Crippen LogP contribution in [-0.4, -0.2) is 10.3 Å². The first-order valence-electron chi connectivity index (χ1n) is 4.30. The number of anilines is 1. The van der Waals surface area contributed by atoms with Crippen LogP contribution in [-0.2, 0) is 0 Å². The molecule has 15 heavy (non-hydrogen) atoms. The molecule has 2 aromatic rings. The van der Waals surface area contributed by atoms with E-state index in [1.54, 1.807) is 18.2 Å². The summed E-state index contributed by atoms with van der Waals surface area (Å²) in [6.07, 6.45) is 0. The molecule has 5 heteroatoms. The van der Waals surface area contributed by atoms with Gasteiger partial charge in [-0.3, -0.25) is 0 Å². The molecule has 0 saturated carbocycles. The average Bonchev–Trinajstić information content (AvgIpc) is 2.59. The van der Waals surface area contributed by atoms with Crippen molar-refractivity contribution in [1.29, 1.82) is 0 Å². The van der Waals surface area contributed by atoms with Gasteiger partial charge in [0.1, 0.15) is 5.75 Å². The van der Waals surface area contributed by atoms with E-state index in [4.69, 9.17) is 21.9 Å². The van der Waals surface area contributed by atoms with E-state index in [9.17, 15) is 5.11 Å². The van der Waals surface area contributed by atoms with Gasteiger partial charge in [0.2, 0.25) is 0 Å². The maximum atomic E-state index is 9.78. The van der Waals surface area contributed by atoms with Crippen LogP contribution >= 0.6 is 11.6 Å². The zero-order valence-corrected chi connectivity index (χ0v) is 8.75. The lowest BCUT2D eigenvalue weighted by molar-refractivity contribution is 0.429. The number of nitrogens with two attached hydrogens (primary N) is 1. The predicted octanol–water partition coefficient (Wildman–Crippen LogP) is 2.59. The van der Waals surface area contributed by atoms with Gasteiger partial charge in [0.15, 0.2) is 11.6 Å². The van der Waals surface area contributed by atoms with Gasteiger partial charge in [-0.1, -0.05) is 22.8 Å². The van der Waals surface area contributed by atoms with Gasteiger partial charge >= 0.3 is 0 Å². The van der Waals surface area contributed by atoms with Gasteiger partial charge in [0, 0.05) is 6.07 Å². The number of nitrogens with zero attached hydrogens (tertiary/aromatic N) is 1. The van der Waals surface area contributed by atoms with E-state index < -0.39 is 0 Å². The van der Waals surface area contributed by atoms with Gasteiger partial charge < -0.3 is 15.4 Å². The van der Waals surface area contributed by atoms with Gasteiger partial charge in [-0.15, -0.1) is 0 Å². The fourth-order valence-corrected chi connectivity index (χ4v) is 1.54. The van der Waals surface area contributed by atoms with E-state index in [0.29, 0.717) is 11.3 Å². The van der Waals surface area contributed by atoms with Crippen molar-refractivity contribution in [3.8, 4) is 17.1 Å². The monoisotopic (exact) mass is 224 g/mol.